The Morgan fingerprint density at radius 2 is 1.94 bits per heavy atom. The van der Waals surface area contributed by atoms with Gasteiger partial charge in [0.1, 0.15) is 29.5 Å². The number of benzene rings is 1. The number of nitrogens with one attached hydrogen (secondary N) is 3. The van der Waals surface area contributed by atoms with Crippen LogP contribution in [0.2, 0.25) is 0 Å². The third-order valence-corrected chi connectivity index (χ3v) is 12.1. The maximum atomic E-state index is 14.4. The molecule has 2 aliphatic carbocycles. The average molecular weight is 713 g/mol. The van der Waals surface area contributed by atoms with Crippen LogP contribution in [0.25, 0.3) is 11.0 Å². The Morgan fingerprint density at radius 1 is 1.16 bits per heavy atom. The maximum Gasteiger partial charge on any atom is 0.405 e. The van der Waals surface area contributed by atoms with Gasteiger partial charge in [-0.25, -0.2) is 23.2 Å². The van der Waals surface area contributed by atoms with Gasteiger partial charge in [0.05, 0.1) is 36.1 Å². The molecule has 1 aromatic carbocycles. The lowest BCUT2D eigenvalue weighted by molar-refractivity contribution is -0.142. The summed E-state index contributed by atoms with van der Waals surface area (Å²) >= 11 is 0. The number of nitrogens with zero attached hydrogens (tertiary/aromatic N) is 3. The number of hydrogen-bond donors (Lipinski definition) is 4. The average Bonchev–Trinajstić information content (AvgIpc) is 4.00. The molecular weight excluding hydrogens is 668 g/mol. The van der Waals surface area contributed by atoms with Gasteiger partial charge in [0.25, 0.3) is 5.91 Å². The van der Waals surface area contributed by atoms with Crippen molar-refractivity contribution in [2.24, 2.45) is 17.8 Å². The van der Waals surface area contributed by atoms with E-state index in [1.165, 1.54) is 18.2 Å². The molecule has 2 aliphatic heterocycles. The summed E-state index contributed by atoms with van der Waals surface area (Å²) in [4.78, 5) is 64.5. The largest absolute Gasteiger partial charge is 0.497 e. The Hall–Kier alpha value is -4.47. The van der Waals surface area contributed by atoms with Crippen molar-refractivity contribution in [3.05, 3.63) is 36.5 Å². The van der Waals surface area contributed by atoms with Crippen LogP contribution in [0.3, 0.4) is 0 Å². The number of fused-ring (bicyclic) bond motifs is 3. The van der Waals surface area contributed by atoms with E-state index in [1.807, 2.05) is 26.0 Å². The van der Waals surface area contributed by atoms with Crippen LogP contribution in [0.4, 0.5) is 4.79 Å². The van der Waals surface area contributed by atoms with E-state index in [9.17, 15) is 32.7 Å². The minimum Gasteiger partial charge on any atom is -0.497 e. The van der Waals surface area contributed by atoms with Gasteiger partial charge in [0.2, 0.25) is 27.7 Å². The van der Waals surface area contributed by atoms with E-state index in [0.29, 0.717) is 48.9 Å². The summed E-state index contributed by atoms with van der Waals surface area (Å²) in [6.45, 7) is 3.87. The smallest absolute Gasteiger partial charge is 0.405 e. The van der Waals surface area contributed by atoms with Crippen LogP contribution < -0.4 is 24.8 Å². The first-order valence-electron chi connectivity index (χ1n) is 17.2. The molecule has 1 aromatic heterocycles. The predicted octanol–water partition coefficient (Wildman–Crippen LogP) is 2.51. The minimum absolute atomic E-state index is 0.000957. The van der Waals surface area contributed by atoms with Crippen LogP contribution in [0.1, 0.15) is 65.2 Å². The zero-order valence-electron chi connectivity index (χ0n) is 28.3. The van der Waals surface area contributed by atoms with Crippen LogP contribution in [0.5, 0.6) is 11.6 Å². The van der Waals surface area contributed by atoms with Gasteiger partial charge in [0.15, 0.2) is 0 Å². The molecule has 3 heterocycles. The number of methoxy groups -OCH3 is 1. The van der Waals surface area contributed by atoms with E-state index in [2.05, 4.69) is 25.3 Å². The van der Waals surface area contributed by atoms with Crippen molar-refractivity contribution in [2.45, 2.75) is 94.2 Å². The lowest BCUT2D eigenvalue weighted by Gasteiger charge is -2.33. The van der Waals surface area contributed by atoms with E-state index in [0.717, 1.165) is 6.42 Å². The van der Waals surface area contributed by atoms with Crippen molar-refractivity contribution in [1.82, 2.24) is 30.2 Å². The summed E-state index contributed by atoms with van der Waals surface area (Å²) in [6, 6.07) is 2.91. The summed E-state index contributed by atoms with van der Waals surface area (Å²) in [5.74, 6) is -2.01. The van der Waals surface area contributed by atoms with Gasteiger partial charge in [0, 0.05) is 18.4 Å². The number of ether oxygens (including phenoxy) is 2. The van der Waals surface area contributed by atoms with Gasteiger partial charge >= 0.3 is 6.09 Å². The number of carbonyl (C=O) groups excluding carboxylic acids is 3. The van der Waals surface area contributed by atoms with Gasteiger partial charge in [-0.15, -0.1) is 0 Å². The molecule has 7 atom stereocenters. The second-order valence-electron chi connectivity index (χ2n) is 13.9. The number of aromatic nitrogens is 2. The summed E-state index contributed by atoms with van der Waals surface area (Å²) in [7, 11) is -2.37. The van der Waals surface area contributed by atoms with E-state index in [-0.39, 0.29) is 37.1 Å². The van der Waals surface area contributed by atoms with Gasteiger partial charge in [-0.1, -0.05) is 32.4 Å². The molecule has 270 valence electrons. The highest BCUT2D eigenvalue weighted by atomic mass is 32.2. The normalized spacial score (nSPS) is 30.9. The number of carboxylic acid groups (broad SMARTS) is 1. The molecular formula is C34H44N6O9S. The fourth-order valence-corrected chi connectivity index (χ4v) is 8.54. The van der Waals surface area contributed by atoms with E-state index in [4.69, 9.17) is 9.47 Å². The van der Waals surface area contributed by atoms with Gasteiger partial charge in [-0.05, 0) is 62.5 Å². The molecule has 0 bridgehead atoms. The summed E-state index contributed by atoms with van der Waals surface area (Å²) in [5.41, 5.74) is -0.409. The first-order chi connectivity index (χ1) is 23.8. The molecule has 0 radical (unpaired) electrons. The number of carbonyl (C=O) groups is 4. The number of rotatable bonds is 8. The second-order valence-corrected chi connectivity index (χ2v) is 15.9. The van der Waals surface area contributed by atoms with E-state index in [1.54, 1.807) is 18.2 Å². The summed E-state index contributed by atoms with van der Waals surface area (Å²) in [6.07, 6.45) is 6.71. The third kappa shape index (κ3) is 7.49. The molecule has 3 fully saturated rings. The molecule has 6 rings (SSSR count). The van der Waals surface area contributed by atoms with Gasteiger partial charge < -0.3 is 30.1 Å². The molecule has 50 heavy (non-hydrogen) atoms. The summed E-state index contributed by atoms with van der Waals surface area (Å²) < 4.78 is 39.2. The highest BCUT2D eigenvalue weighted by Crippen LogP contribution is 2.46. The molecule has 1 saturated heterocycles. The molecule has 16 heteroatoms. The lowest BCUT2D eigenvalue weighted by Crippen LogP contribution is -2.59. The van der Waals surface area contributed by atoms with E-state index >= 15 is 0 Å². The van der Waals surface area contributed by atoms with Crippen LogP contribution in [-0.2, 0) is 24.4 Å². The Kier molecular flexibility index (Phi) is 9.93. The third-order valence-electron chi connectivity index (χ3n) is 10.3. The zero-order valence-corrected chi connectivity index (χ0v) is 29.1. The molecule has 0 spiro atoms. The Morgan fingerprint density at radius 3 is 2.64 bits per heavy atom. The Bertz CT molecular complexity index is 1800. The molecule has 2 saturated carbocycles. The molecule has 2 aromatic rings. The first kappa shape index (κ1) is 35.4. The number of allylic oxidation sites excluding steroid dienone is 1. The zero-order chi connectivity index (χ0) is 35.8. The monoisotopic (exact) mass is 712 g/mol. The van der Waals surface area contributed by atoms with Crippen molar-refractivity contribution in [2.75, 3.05) is 13.7 Å². The SMILES string of the molecule is CC[C@@H]1C[C@H](C)CC/C=C\[C@@H]2C[C@@]2(C(=O)NS(=O)(=O)C2CC2)NC(=O)[C@@H]2C[C@@H](Oc3cnc4ccc(OC)cc4n3)CN2C(=O)[C@H]1NC(=O)O. The van der Waals surface area contributed by atoms with Crippen molar-refractivity contribution < 1.29 is 42.2 Å². The topological polar surface area (TPSA) is 206 Å². The Labute approximate surface area is 290 Å². The predicted molar refractivity (Wildman–Crippen MR) is 181 cm³/mol. The maximum absolute atomic E-state index is 14.4. The molecule has 4 N–H and O–H groups in total. The number of hydrogen-bond acceptors (Lipinski definition) is 10. The fourth-order valence-electron chi connectivity index (χ4n) is 7.18. The quantitative estimate of drug-likeness (QED) is 0.293. The highest BCUT2D eigenvalue weighted by Gasteiger charge is 2.62. The molecule has 0 unspecified atom stereocenters. The van der Waals surface area contributed by atoms with Crippen LogP contribution >= 0.6 is 0 Å². The van der Waals surface area contributed by atoms with Gasteiger partial charge in [-0.2, -0.15) is 0 Å². The second kappa shape index (κ2) is 14.0. The van der Waals surface area contributed by atoms with Crippen LogP contribution in [-0.4, -0.2) is 94.8 Å². The number of amides is 4. The molecule has 4 amide bonds. The lowest BCUT2D eigenvalue weighted by atomic mass is 9.85. The van der Waals surface area contributed by atoms with Gasteiger partial charge in [-0.3, -0.25) is 19.1 Å². The minimum atomic E-state index is -3.90. The van der Waals surface area contributed by atoms with Crippen molar-refractivity contribution in [1.29, 1.82) is 0 Å². The van der Waals surface area contributed by atoms with Crippen molar-refractivity contribution in [3.63, 3.8) is 0 Å². The van der Waals surface area contributed by atoms with Crippen molar-refractivity contribution in [3.8, 4) is 11.6 Å². The van der Waals surface area contributed by atoms with Crippen molar-refractivity contribution >= 4 is 44.9 Å². The van der Waals surface area contributed by atoms with Crippen LogP contribution in [0, 0.1) is 17.8 Å². The van der Waals surface area contributed by atoms with E-state index < -0.39 is 68.7 Å². The highest BCUT2D eigenvalue weighted by molar-refractivity contribution is 7.91. The molecule has 4 aliphatic rings. The van der Waals surface area contributed by atoms with Crippen LogP contribution in [0.15, 0.2) is 36.5 Å². The standard InChI is InChI=1S/C34H44N6O9S/c1-4-20-13-19(2)7-5-6-8-21-16-34(21,32(43)39-50(46,47)24-10-11-24)38-30(41)27-15-23(18-40(27)31(42)29(20)37-33(44)45)49-28-17-35-25-12-9-22(48-3)14-26(25)36-28/h6,8-9,12,14,17,19-21,23-24,27,29,37H,4-5,7,10-11,13,15-16,18H2,1-3H3,(H,38,41)(H,39,43)(H,44,45)/b8-6-/t19-,20-,21-,23-,27+,29+,34-/m1/s1. The Balaban J connectivity index is 1.33. The molecule has 15 nitrogen and oxygen atoms in total. The first-order valence-corrected chi connectivity index (χ1v) is 18.7. The number of sulfonamides is 1. The fraction of sp³-hybridized carbons (Fsp3) is 0.588. The summed E-state index contributed by atoms with van der Waals surface area (Å²) in [5, 5.41) is 14.4.